The number of alkyl halides is 3. The zero-order valence-electron chi connectivity index (χ0n) is 13.9. The van der Waals surface area contributed by atoms with Gasteiger partial charge in [-0.3, -0.25) is 9.59 Å². The predicted octanol–water partition coefficient (Wildman–Crippen LogP) is 3.03. The molecule has 9 heteroatoms. The number of hydrogen-bond donors (Lipinski definition) is 1. The first-order chi connectivity index (χ1) is 12.3. The molecule has 0 atom stereocenters. The van der Waals surface area contributed by atoms with Gasteiger partial charge >= 0.3 is 6.18 Å². The molecule has 0 bridgehead atoms. The van der Waals surface area contributed by atoms with Gasteiger partial charge < -0.3 is 15.0 Å². The molecule has 0 spiro atoms. The molecular formula is C17H17F3N2O3S. The number of carbonyl (C=O) groups is 2. The van der Waals surface area contributed by atoms with E-state index in [-0.39, 0.29) is 37.3 Å². The van der Waals surface area contributed by atoms with Gasteiger partial charge in [0.2, 0.25) is 5.91 Å². The van der Waals surface area contributed by atoms with Crippen molar-refractivity contribution in [2.75, 3.05) is 26.7 Å². The summed E-state index contributed by atoms with van der Waals surface area (Å²) in [6.45, 7) is -0.00790. The van der Waals surface area contributed by atoms with E-state index in [1.165, 1.54) is 35.4 Å². The third-order valence-electron chi connectivity index (χ3n) is 3.31. The molecule has 2 amide bonds. The lowest BCUT2D eigenvalue weighted by Gasteiger charge is -2.16. The Morgan fingerprint density at radius 2 is 2.00 bits per heavy atom. The minimum absolute atomic E-state index is 0.00956. The topological polar surface area (TPSA) is 58.6 Å². The summed E-state index contributed by atoms with van der Waals surface area (Å²) in [4.78, 5) is 25.6. The van der Waals surface area contributed by atoms with Crippen LogP contribution < -0.4 is 10.1 Å². The van der Waals surface area contributed by atoms with E-state index in [0.29, 0.717) is 4.88 Å². The number of nitrogens with one attached hydrogen (secondary N) is 1. The molecule has 1 aromatic carbocycles. The maximum Gasteiger partial charge on any atom is 0.416 e. The fourth-order valence-electron chi connectivity index (χ4n) is 2.05. The van der Waals surface area contributed by atoms with Gasteiger partial charge in [0.25, 0.3) is 5.91 Å². The third-order valence-corrected chi connectivity index (χ3v) is 4.17. The van der Waals surface area contributed by atoms with Crippen molar-refractivity contribution >= 4 is 23.2 Å². The second-order valence-corrected chi connectivity index (χ2v) is 6.31. The van der Waals surface area contributed by atoms with Crippen LogP contribution in [0.1, 0.15) is 15.2 Å². The lowest BCUT2D eigenvalue weighted by molar-refractivity contribution is -0.137. The fraction of sp³-hybridized carbons (Fsp3) is 0.294. The second kappa shape index (κ2) is 8.70. The van der Waals surface area contributed by atoms with Crippen LogP contribution in [0.5, 0.6) is 5.75 Å². The number of likely N-dealkylation sites (N-methyl/N-ethyl adjacent to an activating group) is 1. The molecule has 0 saturated heterocycles. The molecule has 0 saturated carbocycles. The number of halogens is 3. The number of benzene rings is 1. The van der Waals surface area contributed by atoms with E-state index in [9.17, 15) is 22.8 Å². The van der Waals surface area contributed by atoms with E-state index in [1.807, 2.05) is 0 Å². The molecule has 0 aliphatic carbocycles. The van der Waals surface area contributed by atoms with Crippen LogP contribution in [0.3, 0.4) is 0 Å². The highest BCUT2D eigenvalue weighted by atomic mass is 32.1. The number of ether oxygens (including phenoxy) is 1. The molecule has 1 heterocycles. The molecule has 1 N–H and O–H groups in total. The van der Waals surface area contributed by atoms with E-state index >= 15 is 0 Å². The fourth-order valence-corrected chi connectivity index (χ4v) is 2.77. The summed E-state index contributed by atoms with van der Waals surface area (Å²) >= 11 is 1.29. The summed E-state index contributed by atoms with van der Waals surface area (Å²) in [5, 5.41) is 4.32. The van der Waals surface area contributed by atoms with Crippen LogP contribution in [-0.4, -0.2) is 43.5 Å². The van der Waals surface area contributed by atoms with Crippen LogP contribution in [0.4, 0.5) is 13.2 Å². The van der Waals surface area contributed by atoms with Gasteiger partial charge in [0.15, 0.2) is 0 Å². The van der Waals surface area contributed by atoms with Gasteiger partial charge in [0.1, 0.15) is 12.4 Å². The van der Waals surface area contributed by atoms with Gasteiger partial charge in [-0.2, -0.15) is 13.2 Å². The average molecular weight is 386 g/mol. The van der Waals surface area contributed by atoms with Crippen LogP contribution in [0, 0.1) is 0 Å². The van der Waals surface area contributed by atoms with Crippen molar-refractivity contribution in [3.05, 3.63) is 52.2 Å². The minimum Gasteiger partial charge on any atom is -0.492 e. The van der Waals surface area contributed by atoms with E-state index in [1.54, 1.807) is 17.5 Å². The van der Waals surface area contributed by atoms with E-state index in [4.69, 9.17) is 4.74 Å². The Hall–Kier alpha value is -2.55. The van der Waals surface area contributed by atoms with Crippen molar-refractivity contribution in [2.45, 2.75) is 6.18 Å². The van der Waals surface area contributed by atoms with Gasteiger partial charge in [0.05, 0.1) is 23.5 Å². The number of hydrogen-bond acceptors (Lipinski definition) is 4. The zero-order chi connectivity index (χ0) is 19.2. The highest BCUT2D eigenvalue weighted by molar-refractivity contribution is 7.12. The SMILES string of the molecule is CN(CC(=O)NCCOc1cccc(C(F)(F)F)c1)C(=O)c1cccs1. The molecule has 5 nitrogen and oxygen atoms in total. The maximum absolute atomic E-state index is 12.6. The van der Waals surface area contributed by atoms with Crippen molar-refractivity contribution in [2.24, 2.45) is 0 Å². The molecule has 0 unspecified atom stereocenters. The Bertz CT molecular complexity index is 748. The first-order valence-electron chi connectivity index (χ1n) is 7.63. The van der Waals surface area contributed by atoms with Crippen molar-refractivity contribution < 1.29 is 27.5 Å². The summed E-state index contributed by atoms with van der Waals surface area (Å²) in [5.41, 5.74) is -0.798. The molecule has 1 aromatic heterocycles. The number of thiophene rings is 1. The van der Waals surface area contributed by atoms with E-state index in [2.05, 4.69) is 5.32 Å². The first-order valence-corrected chi connectivity index (χ1v) is 8.51. The highest BCUT2D eigenvalue weighted by Gasteiger charge is 2.30. The standard InChI is InChI=1S/C17H17F3N2O3S/c1-22(16(24)14-6-3-9-26-14)11-15(23)21-7-8-25-13-5-2-4-12(10-13)17(18,19)20/h2-6,9-10H,7-8,11H2,1H3,(H,21,23). The maximum atomic E-state index is 12.6. The predicted molar refractivity (Wildman–Crippen MR) is 91.2 cm³/mol. The van der Waals surface area contributed by atoms with Gasteiger partial charge in [-0.1, -0.05) is 12.1 Å². The van der Waals surface area contributed by atoms with Crippen LogP contribution >= 0.6 is 11.3 Å². The first kappa shape index (κ1) is 19.8. The number of amides is 2. The van der Waals surface area contributed by atoms with Gasteiger partial charge in [0, 0.05) is 7.05 Å². The van der Waals surface area contributed by atoms with Crippen molar-refractivity contribution in [3.8, 4) is 5.75 Å². The molecule has 0 aliphatic heterocycles. The summed E-state index contributed by atoms with van der Waals surface area (Å²) in [6, 6.07) is 7.93. The summed E-state index contributed by atoms with van der Waals surface area (Å²) < 4.78 is 43.0. The smallest absolute Gasteiger partial charge is 0.416 e. The molecule has 0 aliphatic rings. The Kier molecular flexibility index (Phi) is 6.62. The normalized spacial score (nSPS) is 11.1. The Labute approximate surface area is 152 Å². The average Bonchev–Trinajstić information content (AvgIpc) is 3.12. The molecule has 0 radical (unpaired) electrons. The van der Waals surface area contributed by atoms with Crippen LogP contribution in [0.15, 0.2) is 41.8 Å². The molecule has 26 heavy (non-hydrogen) atoms. The number of rotatable bonds is 7. The Morgan fingerprint density at radius 1 is 1.23 bits per heavy atom. The Balaban J connectivity index is 1.73. The number of nitrogens with zero attached hydrogens (tertiary/aromatic N) is 1. The molecule has 0 fully saturated rings. The quantitative estimate of drug-likeness (QED) is 0.745. The van der Waals surface area contributed by atoms with Gasteiger partial charge in [-0.25, -0.2) is 0 Å². The molecular weight excluding hydrogens is 369 g/mol. The highest BCUT2D eigenvalue weighted by Crippen LogP contribution is 2.31. The minimum atomic E-state index is -4.44. The van der Waals surface area contributed by atoms with Crippen molar-refractivity contribution in [1.82, 2.24) is 10.2 Å². The largest absolute Gasteiger partial charge is 0.492 e. The monoisotopic (exact) mass is 386 g/mol. The molecule has 140 valence electrons. The summed E-state index contributed by atoms with van der Waals surface area (Å²) in [6.07, 6.45) is -4.44. The van der Waals surface area contributed by atoms with Crippen LogP contribution in [0.25, 0.3) is 0 Å². The summed E-state index contributed by atoms with van der Waals surface area (Å²) in [5.74, 6) is -0.570. The van der Waals surface area contributed by atoms with E-state index in [0.717, 1.165) is 12.1 Å². The van der Waals surface area contributed by atoms with E-state index < -0.39 is 11.7 Å². The summed E-state index contributed by atoms with van der Waals surface area (Å²) in [7, 11) is 1.51. The lowest BCUT2D eigenvalue weighted by atomic mass is 10.2. The lowest BCUT2D eigenvalue weighted by Crippen LogP contribution is -2.39. The third kappa shape index (κ3) is 5.76. The number of carbonyl (C=O) groups excluding carboxylic acids is 2. The van der Waals surface area contributed by atoms with Crippen molar-refractivity contribution in [3.63, 3.8) is 0 Å². The zero-order valence-corrected chi connectivity index (χ0v) is 14.7. The molecule has 2 aromatic rings. The van der Waals surface area contributed by atoms with Gasteiger partial charge in [-0.05, 0) is 29.6 Å². The van der Waals surface area contributed by atoms with Crippen LogP contribution in [0.2, 0.25) is 0 Å². The Morgan fingerprint density at radius 3 is 2.65 bits per heavy atom. The van der Waals surface area contributed by atoms with Crippen LogP contribution in [-0.2, 0) is 11.0 Å². The van der Waals surface area contributed by atoms with Gasteiger partial charge in [-0.15, -0.1) is 11.3 Å². The van der Waals surface area contributed by atoms with Crippen molar-refractivity contribution in [1.29, 1.82) is 0 Å². The molecule has 2 rings (SSSR count). The second-order valence-electron chi connectivity index (χ2n) is 5.36.